The number of carbonyl (C=O) groups is 1. The number of nitrogens with zero attached hydrogens (tertiary/aromatic N) is 1. The van der Waals surface area contributed by atoms with Gasteiger partial charge in [0.1, 0.15) is 0 Å². The van der Waals surface area contributed by atoms with E-state index in [1.165, 1.54) is 6.26 Å². The quantitative estimate of drug-likeness (QED) is 0.444. The monoisotopic (exact) mass is 450 g/mol. The maximum absolute atomic E-state index is 12.7. The lowest BCUT2D eigenvalue weighted by atomic mass is 10.0. The van der Waals surface area contributed by atoms with Gasteiger partial charge >= 0.3 is 0 Å². The van der Waals surface area contributed by atoms with Gasteiger partial charge in [0.25, 0.3) is 5.91 Å². The topological polar surface area (TPSA) is 76.1 Å². The van der Waals surface area contributed by atoms with Crippen molar-refractivity contribution in [3.05, 3.63) is 95.1 Å². The summed E-state index contributed by atoms with van der Waals surface area (Å²) in [5.41, 5.74) is 3.11. The van der Waals surface area contributed by atoms with Gasteiger partial charge in [-0.3, -0.25) is 9.78 Å². The molecule has 0 fully saturated rings. The first-order valence-electron chi connectivity index (χ1n) is 9.52. The first-order valence-corrected chi connectivity index (χ1v) is 12.0. The minimum absolute atomic E-state index is 0.0620. The Kier molecular flexibility index (Phi) is 5.76. The minimum atomic E-state index is -3.13. The molecule has 1 aromatic heterocycles. The molecule has 4 rings (SSSR count). The summed E-state index contributed by atoms with van der Waals surface area (Å²) in [6.07, 6.45) is 2.91. The van der Waals surface area contributed by atoms with Gasteiger partial charge in [0.2, 0.25) is 0 Å². The standard InChI is InChI=1S/C24H19ClN2O3S/c1-31(29,30)15-16-6-8-18(9-7-16)24(28)27-19-10-11-22(25)21(14-19)23-20-5-3-2-4-17(20)12-13-26-23/h2-14H,15H2,1H3,(H,27,28). The highest BCUT2D eigenvalue weighted by Crippen LogP contribution is 2.33. The van der Waals surface area contributed by atoms with Gasteiger partial charge in [0, 0.05) is 34.7 Å². The number of fused-ring (bicyclic) bond motifs is 1. The Labute approximate surface area is 185 Å². The van der Waals surface area contributed by atoms with Gasteiger partial charge in [-0.1, -0.05) is 48.0 Å². The summed E-state index contributed by atoms with van der Waals surface area (Å²) in [5.74, 6) is -0.363. The van der Waals surface area contributed by atoms with Gasteiger partial charge in [-0.2, -0.15) is 0 Å². The van der Waals surface area contributed by atoms with E-state index in [2.05, 4.69) is 10.3 Å². The minimum Gasteiger partial charge on any atom is -0.322 e. The highest BCUT2D eigenvalue weighted by Gasteiger charge is 2.13. The second-order valence-corrected chi connectivity index (χ2v) is 9.84. The molecule has 0 aliphatic rings. The molecule has 1 heterocycles. The lowest BCUT2D eigenvalue weighted by Crippen LogP contribution is -2.12. The molecule has 5 nitrogen and oxygen atoms in total. The van der Waals surface area contributed by atoms with E-state index in [0.29, 0.717) is 21.8 Å². The van der Waals surface area contributed by atoms with Crippen LogP contribution in [0.4, 0.5) is 5.69 Å². The normalized spacial score (nSPS) is 11.4. The molecule has 0 radical (unpaired) electrons. The molecule has 0 aliphatic heterocycles. The third-order valence-electron chi connectivity index (χ3n) is 4.80. The van der Waals surface area contributed by atoms with E-state index < -0.39 is 9.84 Å². The Balaban J connectivity index is 1.61. The first-order chi connectivity index (χ1) is 14.8. The smallest absolute Gasteiger partial charge is 0.255 e. The van der Waals surface area contributed by atoms with Crippen LogP contribution in [0, 0.1) is 0 Å². The number of halogens is 1. The molecule has 1 N–H and O–H groups in total. The second-order valence-electron chi connectivity index (χ2n) is 7.30. The van der Waals surface area contributed by atoms with Crippen molar-refractivity contribution in [2.75, 3.05) is 11.6 Å². The van der Waals surface area contributed by atoms with E-state index in [1.807, 2.05) is 30.3 Å². The number of pyridine rings is 1. The van der Waals surface area contributed by atoms with Crippen LogP contribution in [0.3, 0.4) is 0 Å². The number of carbonyl (C=O) groups excluding carboxylic acids is 1. The molecule has 31 heavy (non-hydrogen) atoms. The summed E-state index contributed by atoms with van der Waals surface area (Å²) in [7, 11) is -3.13. The van der Waals surface area contributed by atoms with Gasteiger partial charge in [0.05, 0.1) is 16.5 Å². The summed E-state index contributed by atoms with van der Waals surface area (Å²) in [6.45, 7) is 0. The van der Waals surface area contributed by atoms with Crippen LogP contribution in [-0.4, -0.2) is 25.6 Å². The number of amides is 1. The highest BCUT2D eigenvalue weighted by molar-refractivity contribution is 7.89. The zero-order valence-electron chi connectivity index (χ0n) is 16.7. The lowest BCUT2D eigenvalue weighted by molar-refractivity contribution is 0.102. The first kappa shape index (κ1) is 21.0. The largest absolute Gasteiger partial charge is 0.322 e. The Morgan fingerprint density at radius 1 is 1.00 bits per heavy atom. The van der Waals surface area contributed by atoms with Crippen molar-refractivity contribution in [3.8, 4) is 11.3 Å². The number of benzene rings is 3. The van der Waals surface area contributed by atoms with Crippen molar-refractivity contribution in [1.29, 1.82) is 0 Å². The fraction of sp³-hybridized carbons (Fsp3) is 0.0833. The maximum atomic E-state index is 12.7. The summed E-state index contributed by atoms with van der Waals surface area (Å²) in [5, 5.41) is 5.42. The SMILES string of the molecule is CS(=O)(=O)Cc1ccc(C(=O)Nc2ccc(Cl)c(-c3nccc4ccccc34)c2)cc1. The van der Waals surface area contributed by atoms with Crippen molar-refractivity contribution in [3.63, 3.8) is 0 Å². The van der Waals surface area contributed by atoms with Crippen molar-refractivity contribution in [1.82, 2.24) is 4.98 Å². The van der Waals surface area contributed by atoms with E-state index in [1.54, 1.807) is 48.7 Å². The average molecular weight is 451 g/mol. The van der Waals surface area contributed by atoms with Crippen molar-refractivity contribution in [2.24, 2.45) is 0 Å². The van der Waals surface area contributed by atoms with Crippen LogP contribution >= 0.6 is 11.6 Å². The van der Waals surface area contributed by atoms with Gasteiger partial charge in [-0.25, -0.2) is 8.42 Å². The Bertz CT molecular complexity index is 1380. The van der Waals surface area contributed by atoms with Gasteiger partial charge in [0.15, 0.2) is 9.84 Å². The highest BCUT2D eigenvalue weighted by atomic mass is 35.5. The number of nitrogens with one attached hydrogen (secondary N) is 1. The van der Waals surface area contributed by atoms with E-state index >= 15 is 0 Å². The fourth-order valence-corrected chi connectivity index (χ4v) is 4.38. The van der Waals surface area contributed by atoms with Crippen LogP contribution in [0.25, 0.3) is 22.0 Å². The van der Waals surface area contributed by atoms with Gasteiger partial charge in [-0.15, -0.1) is 0 Å². The maximum Gasteiger partial charge on any atom is 0.255 e. The number of aromatic nitrogens is 1. The number of sulfone groups is 1. The Hall–Kier alpha value is -3.22. The molecule has 0 unspecified atom stereocenters. The zero-order chi connectivity index (χ0) is 22.0. The molecule has 7 heteroatoms. The Morgan fingerprint density at radius 3 is 2.48 bits per heavy atom. The zero-order valence-corrected chi connectivity index (χ0v) is 18.2. The van der Waals surface area contributed by atoms with Crippen molar-refractivity contribution < 1.29 is 13.2 Å². The molecule has 0 spiro atoms. The van der Waals surface area contributed by atoms with Crippen LogP contribution in [0.2, 0.25) is 5.02 Å². The number of anilines is 1. The number of rotatable bonds is 5. The molecule has 0 aliphatic carbocycles. The molecule has 0 saturated carbocycles. The molecule has 1 amide bonds. The van der Waals surface area contributed by atoms with Crippen LogP contribution in [0.1, 0.15) is 15.9 Å². The summed E-state index contributed by atoms with van der Waals surface area (Å²) >= 11 is 6.45. The predicted octanol–water partition coefficient (Wildman–Crippen LogP) is 5.35. The van der Waals surface area contributed by atoms with E-state index in [-0.39, 0.29) is 11.7 Å². The summed E-state index contributed by atoms with van der Waals surface area (Å²) in [6, 6.07) is 21.6. The van der Waals surface area contributed by atoms with Crippen LogP contribution < -0.4 is 5.32 Å². The average Bonchev–Trinajstić information content (AvgIpc) is 2.74. The lowest BCUT2D eigenvalue weighted by Gasteiger charge is -2.11. The number of hydrogen-bond donors (Lipinski definition) is 1. The van der Waals surface area contributed by atoms with E-state index in [9.17, 15) is 13.2 Å². The van der Waals surface area contributed by atoms with Crippen LogP contribution in [0.15, 0.2) is 79.0 Å². The molecule has 3 aromatic carbocycles. The summed E-state index contributed by atoms with van der Waals surface area (Å²) < 4.78 is 22.8. The van der Waals surface area contributed by atoms with Crippen molar-refractivity contribution in [2.45, 2.75) is 5.75 Å². The number of hydrogen-bond acceptors (Lipinski definition) is 4. The second kappa shape index (κ2) is 8.49. The molecule has 156 valence electrons. The van der Waals surface area contributed by atoms with Crippen molar-refractivity contribution >= 4 is 43.8 Å². The van der Waals surface area contributed by atoms with E-state index in [4.69, 9.17) is 11.6 Å². The predicted molar refractivity (Wildman–Crippen MR) is 125 cm³/mol. The third kappa shape index (κ3) is 4.93. The molecule has 0 atom stereocenters. The van der Waals surface area contributed by atoms with Gasteiger partial charge < -0.3 is 5.32 Å². The third-order valence-corrected chi connectivity index (χ3v) is 5.99. The van der Waals surface area contributed by atoms with Crippen LogP contribution in [-0.2, 0) is 15.6 Å². The summed E-state index contributed by atoms with van der Waals surface area (Å²) in [4.78, 5) is 17.2. The molecule has 4 aromatic rings. The van der Waals surface area contributed by atoms with Crippen LogP contribution in [0.5, 0.6) is 0 Å². The molecule has 0 bridgehead atoms. The molecular weight excluding hydrogens is 432 g/mol. The molecular formula is C24H19ClN2O3S. The fourth-order valence-electron chi connectivity index (χ4n) is 3.38. The van der Waals surface area contributed by atoms with E-state index in [0.717, 1.165) is 22.0 Å². The Morgan fingerprint density at radius 2 is 1.74 bits per heavy atom. The molecule has 0 saturated heterocycles. The van der Waals surface area contributed by atoms with Gasteiger partial charge in [-0.05, 0) is 47.3 Å².